The fraction of sp³-hybridized carbons (Fsp3) is 0. The number of hydrogen-bond acceptors (Lipinski definition) is 3. The molecule has 0 aromatic heterocycles. The van der Waals surface area contributed by atoms with Crippen LogP contribution in [0, 0.1) is 5.82 Å². The molecule has 0 bridgehead atoms. The Hall–Kier alpha value is -2.11. The fourth-order valence-electron chi connectivity index (χ4n) is 1.53. The molecule has 0 heterocycles. The minimum Gasteiger partial charge on any atom is -0.506 e. The number of benzene rings is 2. The molecule has 0 fully saturated rings. The van der Waals surface area contributed by atoms with Crippen molar-refractivity contribution in [1.29, 1.82) is 0 Å². The molecule has 21 heavy (non-hydrogen) atoms. The first-order valence-corrected chi connectivity index (χ1v) is 6.50. The van der Waals surface area contributed by atoms with Crippen LogP contribution in [0.5, 0.6) is 5.75 Å². The standard InChI is InChI=1S/C14H9Cl2FN2O2/c15-11-4-5-12(16)13(20)10(11)7-18-19-14(21)8-2-1-3-9(17)6-8/h1-7,20H,(H,19,21)/b18-7+. The zero-order valence-corrected chi connectivity index (χ0v) is 12.0. The Kier molecular flexibility index (Phi) is 4.77. The number of phenolic OH excluding ortho intramolecular Hbond substituents is 1. The van der Waals surface area contributed by atoms with Crippen LogP contribution in [0.4, 0.5) is 4.39 Å². The molecular weight excluding hydrogens is 318 g/mol. The largest absolute Gasteiger partial charge is 0.506 e. The highest BCUT2D eigenvalue weighted by Crippen LogP contribution is 2.31. The second-order valence-electron chi connectivity index (χ2n) is 4.00. The summed E-state index contributed by atoms with van der Waals surface area (Å²) in [5.74, 6) is -1.36. The van der Waals surface area contributed by atoms with E-state index >= 15 is 0 Å². The summed E-state index contributed by atoms with van der Waals surface area (Å²) in [5, 5.41) is 13.7. The van der Waals surface area contributed by atoms with Crippen LogP contribution >= 0.6 is 23.2 Å². The second kappa shape index (κ2) is 6.56. The van der Waals surface area contributed by atoms with Gasteiger partial charge in [0.1, 0.15) is 11.6 Å². The summed E-state index contributed by atoms with van der Waals surface area (Å²) in [6, 6.07) is 8.07. The maximum absolute atomic E-state index is 13.0. The first-order valence-electron chi connectivity index (χ1n) is 5.75. The molecule has 108 valence electrons. The van der Waals surface area contributed by atoms with Crippen LogP contribution in [-0.4, -0.2) is 17.2 Å². The van der Waals surface area contributed by atoms with Gasteiger partial charge in [-0.1, -0.05) is 29.3 Å². The zero-order valence-electron chi connectivity index (χ0n) is 10.5. The second-order valence-corrected chi connectivity index (χ2v) is 4.82. The van der Waals surface area contributed by atoms with Gasteiger partial charge in [-0.15, -0.1) is 0 Å². The average Bonchev–Trinajstić information content (AvgIpc) is 2.46. The molecule has 0 saturated carbocycles. The van der Waals surface area contributed by atoms with Gasteiger partial charge < -0.3 is 5.11 Å². The highest BCUT2D eigenvalue weighted by molar-refractivity contribution is 6.36. The van der Waals surface area contributed by atoms with E-state index in [4.69, 9.17) is 23.2 Å². The molecule has 4 nitrogen and oxygen atoms in total. The van der Waals surface area contributed by atoms with Gasteiger partial charge in [0.05, 0.1) is 21.8 Å². The quantitative estimate of drug-likeness (QED) is 0.668. The van der Waals surface area contributed by atoms with Crippen molar-refractivity contribution in [3.8, 4) is 5.75 Å². The van der Waals surface area contributed by atoms with E-state index in [-0.39, 0.29) is 26.9 Å². The summed E-state index contributed by atoms with van der Waals surface area (Å²) in [4.78, 5) is 11.7. The van der Waals surface area contributed by atoms with Gasteiger partial charge in [0.2, 0.25) is 0 Å². The first-order chi connectivity index (χ1) is 9.99. The van der Waals surface area contributed by atoms with E-state index in [1.807, 2.05) is 0 Å². The van der Waals surface area contributed by atoms with E-state index in [9.17, 15) is 14.3 Å². The SMILES string of the molecule is O=C(N/N=C/c1c(Cl)ccc(Cl)c1O)c1cccc(F)c1. The summed E-state index contributed by atoms with van der Waals surface area (Å²) < 4.78 is 13.0. The van der Waals surface area contributed by atoms with Crippen molar-refractivity contribution in [2.45, 2.75) is 0 Å². The number of rotatable bonds is 3. The molecule has 0 spiro atoms. The number of nitrogens with zero attached hydrogens (tertiary/aromatic N) is 1. The summed E-state index contributed by atoms with van der Waals surface area (Å²) in [6.45, 7) is 0. The molecular formula is C14H9Cl2FN2O2. The van der Waals surface area contributed by atoms with Crippen LogP contribution in [0.3, 0.4) is 0 Å². The van der Waals surface area contributed by atoms with Gasteiger partial charge >= 0.3 is 0 Å². The monoisotopic (exact) mass is 326 g/mol. The molecule has 7 heteroatoms. The summed E-state index contributed by atoms with van der Waals surface area (Å²) >= 11 is 11.6. The topological polar surface area (TPSA) is 61.7 Å². The number of carbonyl (C=O) groups is 1. The van der Waals surface area contributed by atoms with Crippen LogP contribution in [0.1, 0.15) is 15.9 Å². The number of hydrogen-bond donors (Lipinski definition) is 2. The van der Waals surface area contributed by atoms with Crippen LogP contribution in [0.2, 0.25) is 10.0 Å². The fourth-order valence-corrected chi connectivity index (χ4v) is 1.90. The summed E-state index contributed by atoms with van der Waals surface area (Å²) in [5.41, 5.74) is 2.49. The molecule has 2 rings (SSSR count). The van der Waals surface area contributed by atoms with Crippen molar-refractivity contribution in [2.24, 2.45) is 5.10 Å². The third-order valence-corrected chi connectivity index (χ3v) is 3.20. The smallest absolute Gasteiger partial charge is 0.271 e. The molecule has 2 aromatic carbocycles. The van der Waals surface area contributed by atoms with Gasteiger partial charge in [-0.3, -0.25) is 4.79 Å². The van der Waals surface area contributed by atoms with E-state index < -0.39 is 11.7 Å². The zero-order chi connectivity index (χ0) is 15.4. The Balaban J connectivity index is 2.13. The van der Waals surface area contributed by atoms with E-state index in [0.29, 0.717) is 0 Å². The number of carbonyl (C=O) groups excluding carboxylic acids is 1. The Morgan fingerprint density at radius 2 is 1.95 bits per heavy atom. The molecule has 2 aromatic rings. The van der Waals surface area contributed by atoms with Crippen molar-refractivity contribution >= 4 is 35.3 Å². The van der Waals surface area contributed by atoms with E-state index in [2.05, 4.69) is 10.5 Å². The maximum Gasteiger partial charge on any atom is 0.271 e. The van der Waals surface area contributed by atoms with Gasteiger partial charge in [-0.05, 0) is 30.3 Å². The molecule has 0 saturated heterocycles. The van der Waals surface area contributed by atoms with Crippen molar-refractivity contribution in [1.82, 2.24) is 5.43 Å². The Bertz CT molecular complexity index is 720. The van der Waals surface area contributed by atoms with Crippen molar-refractivity contribution in [3.63, 3.8) is 0 Å². The van der Waals surface area contributed by atoms with Crippen LogP contribution in [-0.2, 0) is 0 Å². The predicted octanol–water partition coefficient (Wildman–Crippen LogP) is 3.60. The normalized spacial score (nSPS) is 10.8. The predicted molar refractivity (Wildman–Crippen MR) is 79.6 cm³/mol. The number of aromatic hydroxyl groups is 1. The minimum atomic E-state index is -0.594. The molecule has 0 aliphatic carbocycles. The number of amides is 1. The lowest BCUT2D eigenvalue weighted by molar-refractivity contribution is 0.0954. The Morgan fingerprint density at radius 1 is 1.24 bits per heavy atom. The number of hydrazone groups is 1. The Morgan fingerprint density at radius 3 is 2.67 bits per heavy atom. The molecule has 0 atom stereocenters. The summed E-state index contributed by atoms with van der Waals surface area (Å²) in [7, 11) is 0. The van der Waals surface area contributed by atoms with Gasteiger partial charge in [-0.25, -0.2) is 9.82 Å². The van der Waals surface area contributed by atoms with Crippen LogP contribution in [0.25, 0.3) is 0 Å². The van der Waals surface area contributed by atoms with E-state index in [0.717, 1.165) is 12.3 Å². The van der Waals surface area contributed by atoms with E-state index in [1.54, 1.807) is 0 Å². The van der Waals surface area contributed by atoms with Crippen molar-refractivity contribution in [3.05, 3.63) is 63.4 Å². The Labute approximate surface area is 129 Å². The highest BCUT2D eigenvalue weighted by atomic mass is 35.5. The minimum absolute atomic E-state index is 0.109. The van der Waals surface area contributed by atoms with Gasteiger partial charge in [0, 0.05) is 5.56 Å². The van der Waals surface area contributed by atoms with Gasteiger partial charge in [0.25, 0.3) is 5.91 Å². The number of phenols is 1. The molecule has 0 aliphatic rings. The molecule has 1 amide bonds. The molecule has 0 aliphatic heterocycles. The third kappa shape index (κ3) is 3.71. The van der Waals surface area contributed by atoms with Gasteiger partial charge in [0.15, 0.2) is 0 Å². The number of halogens is 3. The van der Waals surface area contributed by atoms with Crippen LogP contribution < -0.4 is 5.43 Å². The van der Waals surface area contributed by atoms with Crippen molar-refractivity contribution < 1.29 is 14.3 Å². The first kappa shape index (κ1) is 15.3. The lowest BCUT2D eigenvalue weighted by Crippen LogP contribution is -2.17. The van der Waals surface area contributed by atoms with Gasteiger partial charge in [-0.2, -0.15) is 5.10 Å². The highest BCUT2D eigenvalue weighted by Gasteiger charge is 2.09. The molecule has 0 radical (unpaired) electrons. The lowest BCUT2D eigenvalue weighted by Gasteiger charge is -2.04. The lowest BCUT2D eigenvalue weighted by atomic mass is 10.2. The van der Waals surface area contributed by atoms with Crippen LogP contribution in [0.15, 0.2) is 41.5 Å². The average molecular weight is 327 g/mol. The molecule has 0 unspecified atom stereocenters. The number of nitrogens with one attached hydrogen (secondary N) is 1. The maximum atomic E-state index is 13.0. The molecule has 2 N–H and O–H groups in total. The third-order valence-electron chi connectivity index (χ3n) is 2.56. The van der Waals surface area contributed by atoms with Crippen molar-refractivity contribution in [2.75, 3.05) is 0 Å². The van der Waals surface area contributed by atoms with E-state index in [1.165, 1.54) is 30.3 Å². The summed E-state index contributed by atoms with van der Waals surface area (Å²) in [6.07, 6.45) is 1.15.